The Morgan fingerprint density at radius 3 is 1.88 bits per heavy atom. The minimum atomic E-state index is -3.12. The van der Waals surface area contributed by atoms with E-state index in [1.807, 2.05) is 0 Å². The first kappa shape index (κ1) is 7.82. The molecule has 48 valence electrons. The zero-order valence-corrected chi connectivity index (χ0v) is 5.64. The van der Waals surface area contributed by atoms with Crippen LogP contribution < -0.4 is 0 Å². The smallest absolute Gasteiger partial charge is 0.308 e. The predicted octanol–water partition coefficient (Wildman–Crippen LogP) is 1.08. The van der Waals surface area contributed by atoms with Crippen molar-refractivity contribution < 1.29 is 13.6 Å². The molecule has 0 unspecified atom stereocenters. The molecular weight excluding hydrogens is 129 g/mol. The van der Waals surface area contributed by atoms with Crippen LogP contribution in [0.5, 0.6) is 0 Å². The van der Waals surface area contributed by atoms with Crippen molar-refractivity contribution in [3.05, 3.63) is 0 Å². The third-order valence-corrected chi connectivity index (χ3v) is 2.00. The zero-order valence-electron chi connectivity index (χ0n) is 4.75. The van der Waals surface area contributed by atoms with Gasteiger partial charge in [0.2, 0.25) is 0 Å². The Balaban J connectivity index is 3.99. The van der Waals surface area contributed by atoms with Crippen LogP contribution in [0, 0.1) is 5.41 Å². The molecule has 0 spiro atoms. The number of rotatable bonds is 3. The minimum Gasteiger partial charge on any atom is -0.308 e. The largest absolute Gasteiger partial charge is 0.370 e. The lowest BCUT2D eigenvalue weighted by Gasteiger charge is -2.04. The van der Waals surface area contributed by atoms with Gasteiger partial charge >= 0.3 is 7.60 Å². The van der Waals surface area contributed by atoms with Gasteiger partial charge in [-0.05, 0) is 0 Å². The third kappa shape index (κ3) is 1.74. The molecule has 0 aliphatic rings. The number of nitrogens with one attached hydrogen (secondary N) is 1. The van der Waals surface area contributed by atoms with Crippen LogP contribution in [0.1, 0.15) is 0 Å². The molecule has 0 aliphatic carbocycles. The molecule has 0 saturated heterocycles. The molecule has 4 nitrogen and oxygen atoms in total. The Kier molecular flexibility index (Phi) is 2.90. The fraction of sp³-hybridized carbons (Fsp3) is 0.667. The van der Waals surface area contributed by atoms with Crippen LogP contribution in [0.3, 0.4) is 0 Å². The molecule has 0 rings (SSSR count). The average molecular weight is 137 g/mol. The lowest BCUT2D eigenvalue weighted by Crippen LogP contribution is -1.86. The van der Waals surface area contributed by atoms with E-state index in [4.69, 9.17) is 5.41 Å². The van der Waals surface area contributed by atoms with Crippen LogP contribution in [0.4, 0.5) is 0 Å². The highest BCUT2D eigenvalue weighted by molar-refractivity contribution is 7.69. The Morgan fingerprint density at radius 2 is 1.88 bits per heavy atom. The van der Waals surface area contributed by atoms with Crippen molar-refractivity contribution in [2.24, 2.45) is 0 Å². The molecule has 0 radical (unpaired) electrons. The van der Waals surface area contributed by atoms with Gasteiger partial charge in [0.1, 0.15) is 5.96 Å². The SMILES string of the molecule is COP(=O)(C=N)OC. The molecule has 0 amide bonds. The molecule has 5 heteroatoms. The lowest BCUT2D eigenvalue weighted by atomic mass is 11.7. The molecule has 8 heavy (non-hydrogen) atoms. The van der Waals surface area contributed by atoms with Crippen LogP contribution in [0.15, 0.2) is 0 Å². The normalized spacial score (nSPS) is 11.2. The Bertz CT molecular complexity index is 116. The molecule has 1 N–H and O–H groups in total. The van der Waals surface area contributed by atoms with Gasteiger partial charge in [-0.1, -0.05) is 0 Å². The van der Waals surface area contributed by atoms with Crippen LogP contribution in [0.2, 0.25) is 0 Å². The highest BCUT2D eigenvalue weighted by atomic mass is 31.2. The minimum absolute atomic E-state index is 0.660. The van der Waals surface area contributed by atoms with E-state index in [1.54, 1.807) is 0 Å². The van der Waals surface area contributed by atoms with Crippen molar-refractivity contribution in [3.63, 3.8) is 0 Å². The second-order valence-electron chi connectivity index (χ2n) is 1.03. The average Bonchev–Trinajstić information content (AvgIpc) is 1.87. The first-order chi connectivity index (χ1) is 3.68. The van der Waals surface area contributed by atoms with E-state index >= 15 is 0 Å². The van der Waals surface area contributed by atoms with Gasteiger partial charge in [0, 0.05) is 14.2 Å². The first-order valence-corrected chi connectivity index (χ1v) is 3.52. The van der Waals surface area contributed by atoms with Crippen molar-refractivity contribution in [3.8, 4) is 0 Å². The molecule has 0 bridgehead atoms. The number of hydrogen-bond acceptors (Lipinski definition) is 4. The summed E-state index contributed by atoms with van der Waals surface area (Å²) in [6.07, 6.45) is 0. The van der Waals surface area contributed by atoms with Gasteiger partial charge < -0.3 is 14.5 Å². The Hall–Kier alpha value is -0.180. The van der Waals surface area contributed by atoms with Gasteiger partial charge in [-0.15, -0.1) is 0 Å². The lowest BCUT2D eigenvalue weighted by molar-refractivity contribution is 0.291. The zero-order chi connectivity index (χ0) is 6.62. The maximum Gasteiger partial charge on any atom is 0.370 e. The standard InChI is InChI=1S/C3H8NO3P/c1-6-8(5,3-4)7-2/h3-4H,1-2H3. The summed E-state index contributed by atoms with van der Waals surface area (Å²) in [7, 11) is -0.657. The van der Waals surface area contributed by atoms with Crippen molar-refractivity contribution in [2.75, 3.05) is 14.2 Å². The van der Waals surface area contributed by atoms with E-state index in [9.17, 15) is 4.57 Å². The van der Waals surface area contributed by atoms with Gasteiger partial charge in [0.05, 0.1) is 0 Å². The molecule has 0 fully saturated rings. The second-order valence-corrected chi connectivity index (χ2v) is 3.10. The highest BCUT2D eigenvalue weighted by Crippen LogP contribution is 2.42. The summed E-state index contributed by atoms with van der Waals surface area (Å²) >= 11 is 0. The van der Waals surface area contributed by atoms with E-state index in [2.05, 4.69) is 9.05 Å². The van der Waals surface area contributed by atoms with Crippen molar-refractivity contribution in [1.29, 1.82) is 5.41 Å². The summed E-state index contributed by atoms with van der Waals surface area (Å²) in [4.78, 5) is 0. The van der Waals surface area contributed by atoms with E-state index in [1.165, 1.54) is 14.2 Å². The summed E-state index contributed by atoms with van der Waals surface area (Å²) in [6, 6.07) is 0. The van der Waals surface area contributed by atoms with Crippen LogP contribution in [-0.4, -0.2) is 20.2 Å². The van der Waals surface area contributed by atoms with Crippen molar-refractivity contribution >= 4 is 13.6 Å². The van der Waals surface area contributed by atoms with Gasteiger partial charge in [-0.3, -0.25) is 4.57 Å². The molecule has 0 saturated carbocycles. The van der Waals surface area contributed by atoms with Gasteiger partial charge in [0.15, 0.2) is 0 Å². The summed E-state index contributed by atoms with van der Waals surface area (Å²) in [5.74, 6) is 0.660. The monoisotopic (exact) mass is 137 g/mol. The van der Waals surface area contributed by atoms with Crippen LogP contribution in [0.25, 0.3) is 0 Å². The van der Waals surface area contributed by atoms with Crippen molar-refractivity contribution in [1.82, 2.24) is 0 Å². The van der Waals surface area contributed by atoms with E-state index in [0.29, 0.717) is 5.96 Å². The Labute approximate surface area is 47.8 Å². The van der Waals surface area contributed by atoms with Crippen LogP contribution >= 0.6 is 7.60 Å². The maximum atomic E-state index is 10.6. The molecule has 0 aromatic heterocycles. The van der Waals surface area contributed by atoms with Gasteiger partial charge in [-0.2, -0.15) is 0 Å². The maximum absolute atomic E-state index is 10.6. The molecule has 0 heterocycles. The van der Waals surface area contributed by atoms with Crippen LogP contribution in [-0.2, 0) is 13.6 Å². The van der Waals surface area contributed by atoms with Gasteiger partial charge in [-0.25, -0.2) is 0 Å². The topological polar surface area (TPSA) is 59.4 Å². The summed E-state index contributed by atoms with van der Waals surface area (Å²) in [5.41, 5.74) is 0. The fourth-order valence-electron chi connectivity index (χ4n) is 0.180. The second kappa shape index (κ2) is 2.97. The molecule has 0 aromatic rings. The van der Waals surface area contributed by atoms with E-state index in [-0.39, 0.29) is 0 Å². The molecule has 0 aromatic carbocycles. The summed E-state index contributed by atoms with van der Waals surface area (Å²) in [6.45, 7) is 0. The quantitative estimate of drug-likeness (QED) is 0.467. The molecular formula is C3H8NO3P. The Morgan fingerprint density at radius 1 is 1.50 bits per heavy atom. The summed E-state index contributed by atoms with van der Waals surface area (Å²) < 4.78 is 19.3. The molecule has 0 atom stereocenters. The fourth-order valence-corrected chi connectivity index (χ4v) is 0.540. The van der Waals surface area contributed by atoms with E-state index < -0.39 is 7.60 Å². The predicted molar refractivity (Wildman–Crippen MR) is 30.4 cm³/mol. The third-order valence-electron chi connectivity index (χ3n) is 0.667. The van der Waals surface area contributed by atoms with E-state index in [0.717, 1.165) is 0 Å². The number of hydrogen-bond donors (Lipinski definition) is 1. The highest BCUT2D eigenvalue weighted by Gasteiger charge is 2.14. The molecule has 0 aliphatic heterocycles. The summed E-state index contributed by atoms with van der Waals surface area (Å²) in [5, 5.41) is 6.52. The van der Waals surface area contributed by atoms with Crippen molar-refractivity contribution in [2.45, 2.75) is 0 Å². The first-order valence-electron chi connectivity index (χ1n) is 1.91. The van der Waals surface area contributed by atoms with Gasteiger partial charge in [0.25, 0.3) is 0 Å².